The number of hydrogen-bond acceptors (Lipinski definition) is 5. The minimum atomic E-state index is -0.785. The van der Waals surface area contributed by atoms with Gasteiger partial charge in [-0.3, -0.25) is 14.6 Å². The Bertz CT molecular complexity index is 829. The molecule has 0 radical (unpaired) electrons. The molecule has 1 aromatic rings. The first kappa shape index (κ1) is 19.9. The molecule has 7 nitrogen and oxygen atoms in total. The van der Waals surface area contributed by atoms with Crippen molar-refractivity contribution in [3.05, 3.63) is 29.8 Å². The highest BCUT2D eigenvalue weighted by molar-refractivity contribution is 5.82. The van der Waals surface area contributed by atoms with E-state index in [-0.39, 0.29) is 17.9 Å². The molecular formula is C21H27FN4O3. The van der Waals surface area contributed by atoms with Crippen LogP contribution in [0.2, 0.25) is 0 Å². The highest BCUT2D eigenvalue weighted by Gasteiger charge is 2.46. The molecule has 3 atom stereocenters. The summed E-state index contributed by atoms with van der Waals surface area (Å²) in [7, 11) is 0. The van der Waals surface area contributed by atoms with Crippen LogP contribution in [-0.4, -0.2) is 57.7 Å². The molecule has 2 fully saturated rings. The van der Waals surface area contributed by atoms with Gasteiger partial charge in [0.05, 0.1) is 17.7 Å². The molecule has 8 heteroatoms. The van der Waals surface area contributed by atoms with Crippen molar-refractivity contribution in [1.29, 1.82) is 0 Å². The van der Waals surface area contributed by atoms with E-state index >= 15 is 0 Å². The van der Waals surface area contributed by atoms with Crippen LogP contribution in [0.1, 0.15) is 44.7 Å². The Morgan fingerprint density at radius 1 is 1.24 bits per heavy atom. The van der Waals surface area contributed by atoms with Crippen LogP contribution in [0.15, 0.2) is 23.6 Å². The molecule has 0 bridgehead atoms. The number of likely N-dealkylation sites (tertiary alicyclic amines) is 1. The lowest BCUT2D eigenvalue weighted by molar-refractivity contribution is -0.147. The molecule has 0 aromatic carbocycles. The molecule has 1 amide bonds. The summed E-state index contributed by atoms with van der Waals surface area (Å²) in [6.45, 7) is 5.71. The molecule has 4 rings (SSSR count). The second-order valence-corrected chi connectivity index (χ2v) is 9.24. The van der Waals surface area contributed by atoms with Crippen molar-refractivity contribution in [3.8, 4) is 0 Å². The number of carboxylic acids is 1. The Morgan fingerprint density at radius 2 is 1.93 bits per heavy atom. The third kappa shape index (κ3) is 3.90. The number of carbonyl (C=O) groups excluding carboxylic acids is 1. The summed E-state index contributed by atoms with van der Waals surface area (Å²) in [5.41, 5.74) is -0.110. The first-order valence-corrected chi connectivity index (χ1v) is 10.2. The van der Waals surface area contributed by atoms with Crippen molar-refractivity contribution in [3.63, 3.8) is 0 Å². The summed E-state index contributed by atoms with van der Waals surface area (Å²) in [5.74, 6) is -0.462. The first-order chi connectivity index (χ1) is 13.7. The Hall–Kier alpha value is -2.35. The fraction of sp³-hybridized carbons (Fsp3) is 0.619. The van der Waals surface area contributed by atoms with E-state index in [1.54, 1.807) is 26.3 Å². The highest BCUT2D eigenvalue weighted by Crippen LogP contribution is 2.44. The molecule has 1 aromatic heterocycles. The van der Waals surface area contributed by atoms with Crippen LogP contribution in [0.25, 0.3) is 0 Å². The van der Waals surface area contributed by atoms with Gasteiger partial charge < -0.3 is 10.0 Å². The topological polar surface area (TPSA) is 86.1 Å². The van der Waals surface area contributed by atoms with E-state index in [2.05, 4.69) is 15.0 Å². The number of aliphatic carboxylic acids is 1. The van der Waals surface area contributed by atoms with Gasteiger partial charge in [-0.05, 0) is 50.2 Å². The number of nitrogens with zero attached hydrogens (tertiary/aromatic N) is 4. The van der Waals surface area contributed by atoms with Crippen molar-refractivity contribution in [2.24, 2.45) is 28.3 Å². The predicted molar refractivity (Wildman–Crippen MR) is 104 cm³/mol. The van der Waals surface area contributed by atoms with Gasteiger partial charge in [0, 0.05) is 44.4 Å². The smallest absolute Gasteiger partial charge is 0.310 e. The average Bonchev–Trinajstić information content (AvgIpc) is 3.35. The number of halogens is 1. The lowest BCUT2D eigenvalue weighted by atomic mass is 9.93. The molecular weight excluding hydrogens is 375 g/mol. The maximum absolute atomic E-state index is 13.6. The maximum atomic E-state index is 13.6. The molecule has 3 aliphatic rings. The minimum absolute atomic E-state index is 0.000160. The summed E-state index contributed by atoms with van der Waals surface area (Å²) in [5, 5.41) is 15.1. The van der Waals surface area contributed by atoms with E-state index in [0.717, 1.165) is 32.1 Å². The standard InChI is InChI=1S/C21H27FN4O3/c1-21(2,20(28)29)12-25-10-15-5-13(6-16(15)11-25)19(27)26-18(3-4-24-26)14-7-17(22)9-23-8-14/h4,7-9,13,15-16,18H,3,5-6,10-12H2,1-2H3,(H,28,29). The van der Waals surface area contributed by atoms with Crippen molar-refractivity contribution in [2.45, 2.75) is 39.2 Å². The second kappa shape index (κ2) is 7.48. The van der Waals surface area contributed by atoms with E-state index < -0.39 is 17.2 Å². The third-order valence-electron chi connectivity index (χ3n) is 6.54. The molecule has 2 aliphatic heterocycles. The Labute approximate surface area is 169 Å². The van der Waals surface area contributed by atoms with Crippen LogP contribution in [0.3, 0.4) is 0 Å². The zero-order valence-corrected chi connectivity index (χ0v) is 16.8. The Balaban J connectivity index is 1.38. The Kier molecular flexibility index (Phi) is 5.14. The molecule has 3 unspecified atom stereocenters. The van der Waals surface area contributed by atoms with Crippen LogP contribution >= 0.6 is 0 Å². The average molecular weight is 402 g/mol. The van der Waals surface area contributed by atoms with Gasteiger partial charge in [0.15, 0.2) is 0 Å². The molecule has 1 saturated carbocycles. The number of pyridine rings is 1. The van der Waals surface area contributed by atoms with Gasteiger partial charge in [-0.15, -0.1) is 0 Å². The number of carboxylic acid groups (broad SMARTS) is 1. The van der Waals surface area contributed by atoms with Crippen LogP contribution < -0.4 is 0 Å². The van der Waals surface area contributed by atoms with Crippen molar-refractivity contribution < 1.29 is 19.1 Å². The van der Waals surface area contributed by atoms with Crippen LogP contribution in [0.4, 0.5) is 4.39 Å². The number of fused-ring (bicyclic) bond motifs is 1. The third-order valence-corrected chi connectivity index (χ3v) is 6.54. The van der Waals surface area contributed by atoms with Gasteiger partial charge in [-0.2, -0.15) is 5.10 Å². The molecule has 1 aliphatic carbocycles. The van der Waals surface area contributed by atoms with Gasteiger partial charge in [-0.25, -0.2) is 9.40 Å². The summed E-state index contributed by atoms with van der Waals surface area (Å²) < 4.78 is 13.6. The van der Waals surface area contributed by atoms with Gasteiger partial charge in [-0.1, -0.05) is 0 Å². The summed E-state index contributed by atoms with van der Waals surface area (Å²) in [4.78, 5) is 30.7. The molecule has 3 heterocycles. The number of aromatic nitrogens is 1. The predicted octanol–water partition coefficient (Wildman–Crippen LogP) is 2.55. The zero-order chi connectivity index (χ0) is 20.8. The summed E-state index contributed by atoms with van der Waals surface area (Å²) in [6, 6.07) is 1.12. The lowest BCUT2D eigenvalue weighted by Crippen LogP contribution is -2.39. The van der Waals surface area contributed by atoms with Crippen molar-refractivity contribution >= 4 is 18.1 Å². The van der Waals surface area contributed by atoms with Gasteiger partial charge >= 0.3 is 5.97 Å². The first-order valence-electron chi connectivity index (χ1n) is 10.2. The number of amides is 1. The quantitative estimate of drug-likeness (QED) is 0.818. The van der Waals surface area contributed by atoms with Gasteiger partial charge in [0.2, 0.25) is 5.91 Å². The molecule has 1 N–H and O–H groups in total. The maximum Gasteiger partial charge on any atom is 0.310 e. The Morgan fingerprint density at radius 3 is 2.55 bits per heavy atom. The number of carbonyl (C=O) groups is 2. The second-order valence-electron chi connectivity index (χ2n) is 9.24. The van der Waals surface area contributed by atoms with Crippen LogP contribution in [-0.2, 0) is 9.59 Å². The fourth-order valence-electron chi connectivity index (χ4n) is 5.06. The lowest BCUT2D eigenvalue weighted by Gasteiger charge is -2.28. The zero-order valence-electron chi connectivity index (χ0n) is 16.8. The van der Waals surface area contributed by atoms with Crippen molar-refractivity contribution in [1.82, 2.24) is 14.9 Å². The molecule has 0 spiro atoms. The van der Waals surface area contributed by atoms with Crippen LogP contribution in [0.5, 0.6) is 0 Å². The van der Waals surface area contributed by atoms with E-state index in [9.17, 15) is 19.1 Å². The largest absolute Gasteiger partial charge is 0.481 e. The van der Waals surface area contributed by atoms with Crippen molar-refractivity contribution in [2.75, 3.05) is 19.6 Å². The normalized spacial score (nSPS) is 29.4. The number of rotatable bonds is 5. The molecule has 1 saturated heterocycles. The van der Waals surface area contributed by atoms with Gasteiger partial charge in [0.25, 0.3) is 0 Å². The van der Waals surface area contributed by atoms with E-state index in [4.69, 9.17) is 0 Å². The number of hydrazone groups is 1. The monoisotopic (exact) mass is 402 g/mol. The molecule has 156 valence electrons. The SMILES string of the molecule is CC(C)(CN1CC2CC(C(=O)N3N=CCC3c3cncc(F)c3)CC2C1)C(=O)O. The highest BCUT2D eigenvalue weighted by atomic mass is 19.1. The van der Waals surface area contributed by atoms with E-state index in [0.29, 0.717) is 30.4 Å². The molecule has 29 heavy (non-hydrogen) atoms. The fourth-order valence-corrected chi connectivity index (χ4v) is 5.06. The van der Waals surface area contributed by atoms with E-state index in [1.165, 1.54) is 11.1 Å². The van der Waals surface area contributed by atoms with Gasteiger partial charge in [0.1, 0.15) is 5.82 Å². The number of hydrogen-bond donors (Lipinski definition) is 1. The van der Waals surface area contributed by atoms with E-state index in [1.807, 2.05) is 0 Å². The summed E-state index contributed by atoms with van der Waals surface area (Å²) >= 11 is 0. The summed E-state index contributed by atoms with van der Waals surface area (Å²) in [6.07, 6.45) is 6.62. The van der Waals surface area contributed by atoms with Crippen LogP contribution in [0, 0.1) is 29.0 Å². The minimum Gasteiger partial charge on any atom is -0.481 e.